The summed E-state index contributed by atoms with van der Waals surface area (Å²) in [6, 6.07) is 8.54. The highest BCUT2D eigenvalue weighted by Crippen LogP contribution is 2.22. The Balaban J connectivity index is 1.93. The number of amides is 2. The van der Waals surface area contributed by atoms with Crippen LogP contribution in [0.5, 0.6) is 0 Å². The van der Waals surface area contributed by atoms with Gasteiger partial charge in [0, 0.05) is 6.42 Å². The van der Waals surface area contributed by atoms with Crippen molar-refractivity contribution in [2.24, 2.45) is 0 Å². The average molecular weight is 392 g/mol. The van der Waals surface area contributed by atoms with E-state index in [1.165, 1.54) is 0 Å². The molecule has 2 amide bonds. The van der Waals surface area contributed by atoms with E-state index in [2.05, 4.69) is 10.6 Å². The van der Waals surface area contributed by atoms with Crippen LogP contribution < -0.4 is 10.6 Å². The summed E-state index contributed by atoms with van der Waals surface area (Å²) >= 11 is 0. The van der Waals surface area contributed by atoms with Crippen LogP contribution in [0.15, 0.2) is 30.3 Å². The van der Waals surface area contributed by atoms with Crippen LogP contribution in [0.1, 0.15) is 45.6 Å². The van der Waals surface area contributed by atoms with Crippen molar-refractivity contribution in [3.63, 3.8) is 0 Å². The van der Waals surface area contributed by atoms with E-state index in [-0.39, 0.29) is 18.8 Å². The van der Waals surface area contributed by atoms with Crippen LogP contribution in [0.2, 0.25) is 0 Å². The summed E-state index contributed by atoms with van der Waals surface area (Å²) in [5.41, 5.74) is 0.235. The fraction of sp³-hybridized carbons (Fsp3) is 0.550. The van der Waals surface area contributed by atoms with Crippen molar-refractivity contribution in [1.29, 1.82) is 0 Å². The van der Waals surface area contributed by atoms with Crippen LogP contribution in [-0.2, 0) is 25.6 Å². The predicted molar refractivity (Wildman–Crippen MR) is 101 cm³/mol. The molecular weight excluding hydrogens is 364 g/mol. The van der Waals surface area contributed by atoms with Crippen molar-refractivity contribution in [2.75, 3.05) is 0 Å². The van der Waals surface area contributed by atoms with E-state index in [0.717, 1.165) is 5.56 Å². The minimum Gasteiger partial charge on any atom is -0.465 e. The SMILES string of the molecule is CC(C)(C)OC(=O)N[C@@H]1C[C@@H](OC=O)CC[C@@H]1NC(=O)OCc1ccccc1. The lowest BCUT2D eigenvalue weighted by molar-refractivity contribution is -0.135. The van der Waals surface area contributed by atoms with Gasteiger partial charge in [0.2, 0.25) is 0 Å². The van der Waals surface area contributed by atoms with Gasteiger partial charge in [0.25, 0.3) is 6.47 Å². The molecule has 2 rings (SSSR count). The Labute approximate surface area is 164 Å². The highest BCUT2D eigenvalue weighted by molar-refractivity contribution is 5.70. The quantitative estimate of drug-likeness (QED) is 0.570. The molecular formula is C20H28N2O6. The third-order valence-corrected chi connectivity index (χ3v) is 4.27. The van der Waals surface area contributed by atoms with Gasteiger partial charge < -0.3 is 24.8 Å². The summed E-state index contributed by atoms with van der Waals surface area (Å²) in [6.45, 7) is 5.85. The van der Waals surface area contributed by atoms with Gasteiger partial charge in [-0.15, -0.1) is 0 Å². The van der Waals surface area contributed by atoms with E-state index in [0.29, 0.717) is 25.7 Å². The van der Waals surface area contributed by atoms with Crippen LogP contribution in [0, 0.1) is 0 Å². The molecule has 0 aromatic heterocycles. The summed E-state index contributed by atoms with van der Waals surface area (Å²) < 4.78 is 15.6. The monoisotopic (exact) mass is 392 g/mol. The summed E-state index contributed by atoms with van der Waals surface area (Å²) in [6.07, 6.45) is -0.000251. The lowest BCUT2D eigenvalue weighted by Gasteiger charge is -2.36. The van der Waals surface area contributed by atoms with Crippen LogP contribution in [0.3, 0.4) is 0 Å². The van der Waals surface area contributed by atoms with Gasteiger partial charge in [0.05, 0.1) is 12.1 Å². The van der Waals surface area contributed by atoms with Crippen molar-refractivity contribution in [1.82, 2.24) is 10.6 Å². The van der Waals surface area contributed by atoms with Crippen LogP contribution in [-0.4, -0.2) is 42.4 Å². The Kier molecular flexibility index (Phi) is 7.66. The topological polar surface area (TPSA) is 103 Å². The Morgan fingerprint density at radius 2 is 1.75 bits per heavy atom. The average Bonchev–Trinajstić information content (AvgIpc) is 2.62. The number of hydrogen-bond donors (Lipinski definition) is 2. The highest BCUT2D eigenvalue weighted by atomic mass is 16.6. The first kappa shape index (κ1) is 21.5. The molecule has 0 saturated heterocycles. The first-order valence-corrected chi connectivity index (χ1v) is 9.32. The molecule has 0 bridgehead atoms. The highest BCUT2D eigenvalue weighted by Gasteiger charge is 2.34. The fourth-order valence-electron chi connectivity index (χ4n) is 3.04. The van der Waals surface area contributed by atoms with Gasteiger partial charge in [0.1, 0.15) is 18.3 Å². The Morgan fingerprint density at radius 3 is 2.39 bits per heavy atom. The van der Waals surface area contributed by atoms with Gasteiger partial charge in [0.15, 0.2) is 0 Å². The second-order valence-electron chi connectivity index (χ2n) is 7.73. The molecule has 8 nitrogen and oxygen atoms in total. The second kappa shape index (κ2) is 9.96. The lowest BCUT2D eigenvalue weighted by Crippen LogP contribution is -2.56. The normalized spacial score (nSPS) is 21.9. The van der Waals surface area contributed by atoms with Crippen molar-refractivity contribution in [3.05, 3.63) is 35.9 Å². The summed E-state index contributed by atoms with van der Waals surface area (Å²) in [5.74, 6) is 0. The first-order valence-electron chi connectivity index (χ1n) is 9.32. The number of rotatable bonds is 6. The van der Waals surface area contributed by atoms with Crippen LogP contribution >= 0.6 is 0 Å². The molecule has 1 aliphatic carbocycles. The molecule has 8 heteroatoms. The number of hydrogen-bond acceptors (Lipinski definition) is 6. The largest absolute Gasteiger partial charge is 0.465 e. The molecule has 2 N–H and O–H groups in total. The molecule has 1 saturated carbocycles. The van der Waals surface area contributed by atoms with E-state index >= 15 is 0 Å². The molecule has 28 heavy (non-hydrogen) atoms. The molecule has 0 radical (unpaired) electrons. The van der Waals surface area contributed by atoms with Gasteiger partial charge in [-0.3, -0.25) is 4.79 Å². The van der Waals surface area contributed by atoms with Crippen molar-refractivity contribution in [3.8, 4) is 0 Å². The maximum absolute atomic E-state index is 12.2. The molecule has 0 unspecified atom stereocenters. The lowest BCUT2D eigenvalue weighted by atomic mass is 9.88. The van der Waals surface area contributed by atoms with Crippen molar-refractivity contribution in [2.45, 2.75) is 70.4 Å². The minimum atomic E-state index is -0.644. The zero-order chi connectivity index (χ0) is 20.6. The number of alkyl carbamates (subject to hydrolysis) is 2. The van der Waals surface area contributed by atoms with E-state index in [9.17, 15) is 14.4 Å². The third-order valence-electron chi connectivity index (χ3n) is 4.27. The van der Waals surface area contributed by atoms with E-state index in [1.807, 2.05) is 30.3 Å². The molecule has 0 spiro atoms. The van der Waals surface area contributed by atoms with E-state index in [1.54, 1.807) is 20.8 Å². The summed E-state index contributed by atoms with van der Waals surface area (Å²) in [4.78, 5) is 35.0. The predicted octanol–water partition coefficient (Wildman–Crippen LogP) is 2.90. The van der Waals surface area contributed by atoms with E-state index < -0.39 is 23.8 Å². The minimum absolute atomic E-state index is 0.153. The molecule has 1 aliphatic rings. The van der Waals surface area contributed by atoms with Gasteiger partial charge in [-0.1, -0.05) is 30.3 Å². The number of benzene rings is 1. The maximum Gasteiger partial charge on any atom is 0.407 e. The van der Waals surface area contributed by atoms with Gasteiger partial charge in [-0.2, -0.15) is 0 Å². The maximum atomic E-state index is 12.2. The molecule has 0 aliphatic heterocycles. The standard InChI is InChI=1S/C20H28N2O6/c1-20(2,3)28-19(25)22-17-11-15(27-13-23)9-10-16(17)21-18(24)26-12-14-7-5-4-6-8-14/h4-8,13,15-17H,9-12H2,1-3H3,(H,21,24)(H,22,25)/t15-,16-,17+/m0/s1. The molecule has 154 valence electrons. The zero-order valence-corrected chi connectivity index (χ0v) is 16.5. The zero-order valence-electron chi connectivity index (χ0n) is 16.5. The van der Waals surface area contributed by atoms with Gasteiger partial charge in [-0.05, 0) is 39.2 Å². The molecule has 0 heterocycles. The molecule has 1 fully saturated rings. The Morgan fingerprint density at radius 1 is 1.07 bits per heavy atom. The summed E-state index contributed by atoms with van der Waals surface area (Å²) in [7, 11) is 0. The number of nitrogens with one attached hydrogen (secondary N) is 2. The fourth-order valence-corrected chi connectivity index (χ4v) is 3.04. The summed E-state index contributed by atoms with van der Waals surface area (Å²) in [5, 5.41) is 5.56. The molecule has 1 aromatic rings. The Hall–Kier alpha value is -2.77. The number of carbonyl (C=O) groups excluding carboxylic acids is 3. The van der Waals surface area contributed by atoms with Crippen molar-refractivity contribution < 1.29 is 28.6 Å². The second-order valence-corrected chi connectivity index (χ2v) is 7.73. The molecule has 3 atom stereocenters. The molecule has 1 aromatic carbocycles. The van der Waals surface area contributed by atoms with Crippen LogP contribution in [0.4, 0.5) is 9.59 Å². The first-order chi connectivity index (χ1) is 13.3. The third kappa shape index (κ3) is 7.46. The van der Waals surface area contributed by atoms with Gasteiger partial charge >= 0.3 is 12.2 Å². The Bertz CT molecular complexity index is 658. The smallest absolute Gasteiger partial charge is 0.407 e. The number of carbonyl (C=O) groups is 3. The van der Waals surface area contributed by atoms with Crippen LogP contribution in [0.25, 0.3) is 0 Å². The van der Waals surface area contributed by atoms with Crippen molar-refractivity contribution >= 4 is 18.7 Å². The van der Waals surface area contributed by atoms with Gasteiger partial charge in [-0.25, -0.2) is 9.59 Å². The number of ether oxygens (including phenoxy) is 3. The van der Waals surface area contributed by atoms with E-state index in [4.69, 9.17) is 14.2 Å².